The number of nitrogens with one attached hydrogen (secondary N) is 2. The third-order valence-electron chi connectivity index (χ3n) is 5.71. The van der Waals surface area contributed by atoms with E-state index in [1.165, 1.54) is 7.11 Å². The molecule has 0 aromatic heterocycles. The predicted octanol–water partition coefficient (Wildman–Crippen LogP) is 5.02. The summed E-state index contributed by atoms with van der Waals surface area (Å²) in [5.41, 5.74) is 3.44. The van der Waals surface area contributed by atoms with E-state index >= 15 is 0 Å². The van der Waals surface area contributed by atoms with Crippen LogP contribution in [-0.2, 0) is 22.7 Å². The lowest BCUT2D eigenvalue weighted by atomic mass is 10.1. The molecule has 1 aliphatic rings. The minimum atomic E-state index is -0.534. The average Bonchev–Trinajstić information content (AvgIpc) is 3.08. The van der Waals surface area contributed by atoms with Crippen LogP contribution in [0.3, 0.4) is 0 Å². The maximum Gasteiger partial charge on any atom is 0.278 e. The van der Waals surface area contributed by atoms with Gasteiger partial charge in [0.15, 0.2) is 0 Å². The molecule has 36 heavy (non-hydrogen) atoms. The number of carbonyl (C=O) groups is 3. The summed E-state index contributed by atoms with van der Waals surface area (Å²) in [5.74, 6) is -0.861. The molecule has 1 heterocycles. The van der Waals surface area contributed by atoms with Crippen molar-refractivity contribution in [1.82, 2.24) is 10.2 Å². The fourth-order valence-corrected chi connectivity index (χ4v) is 4.10. The van der Waals surface area contributed by atoms with Gasteiger partial charge < -0.3 is 15.4 Å². The number of rotatable bonds is 8. The molecule has 1 aliphatic heterocycles. The Kier molecular flexibility index (Phi) is 7.62. The smallest absolute Gasteiger partial charge is 0.278 e. The van der Waals surface area contributed by atoms with Crippen molar-refractivity contribution in [3.63, 3.8) is 0 Å². The number of nitrogens with zero attached hydrogens (tertiary/aromatic N) is 1. The molecule has 0 saturated heterocycles. The largest absolute Gasteiger partial charge is 0.495 e. The number of ether oxygens (including phenoxy) is 1. The van der Waals surface area contributed by atoms with Gasteiger partial charge in [-0.1, -0.05) is 65.7 Å². The number of methoxy groups -OCH3 is 1. The summed E-state index contributed by atoms with van der Waals surface area (Å²) in [6.07, 6.45) is 0. The molecule has 4 rings (SSSR count). The first-order chi connectivity index (χ1) is 17.3. The lowest BCUT2D eigenvalue weighted by molar-refractivity contribution is -0.138. The Morgan fingerprint density at radius 3 is 2.31 bits per heavy atom. The summed E-state index contributed by atoms with van der Waals surface area (Å²) in [7, 11) is 1.50. The molecule has 0 aliphatic carbocycles. The second-order valence-corrected chi connectivity index (χ2v) is 8.96. The van der Waals surface area contributed by atoms with Crippen molar-refractivity contribution in [3.05, 3.63) is 105 Å². The Morgan fingerprint density at radius 2 is 1.64 bits per heavy atom. The van der Waals surface area contributed by atoms with Crippen molar-refractivity contribution in [2.45, 2.75) is 20.0 Å². The highest BCUT2D eigenvalue weighted by Gasteiger charge is 2.37. The summed E-state index contributed by atoms with van der Waals surface area (Å²) in [6, 6.07) is 19.4. The molecule has 0 saturated carbocycles. The number of carbonyl (C=O) groups excluding carboxylic acids is 3. The number of halogens is 2. The number of hydrogen-bond donors (Lipinski definition) is 2. The third-order valence-corrected chi connectivity index (χ3v) is 6.47. The van der Waals surface area contributed by atoms with Gasteiger partial charge in [-0.3, -0.25) is 19.3 Å². The van der Waals surface area contributed by atoms with Gasteiger partial charge in [0, 0.05) is 23.2 Å². The molecular formula is C27H23Cl2N3O4. The normalized spacial score (nSPS) is 13.3. The van der Waals surface area contributed by atoms with Crippen molar-refractivity contribution in [2.24, 2.45) is 0 Å². The molecular weight excluding hydrogens is 501 g/mol. The second-order valence-electron chi connectivity index (χ2n) is 8.18. The van der Waals surface area contributed by atoms with E-state index in [2.05, 4.69) is 10.6 Å². The van der Waals surface area contributed by atoms with Crippen LogP contribution in [0.25, 0.3) is 0 Å². The van der Waals surface area contributed by atoms with Crippen molar-refractivity contribution in [3.8, 4) is 5.75 Å². The first-order valence-electron chi connectivity index (χ1n) is 11.1. The van der Waals surface area contributed by atoms with E-state index in [1.807, 2.05) is 37.3 Å². The molecule has 9 heteroatoms. The number of aryl methyl sites for hydroxylation is 1. The maximum absolute atomic E-state index is 12.8. The topological polar surface area (TPSA) is 87.7 Å². The Hall–Kier alpha value is -3.81. The molecule has 3 aromatic carbocycles. The van der Waals surface area contributed by atoms with E-state index in [4.69, 9.17) is 27.9 Å². The van der Waals surface area contributed by atoms with Gasteiger partial charge in [0.05, 0.1) is 19.3 Å². The average molecular weight is 524 g/mol. The molecule has 0 spiro atoms. The van der Waals surface area contributed by atoms with Crippen molar-refractivity contribution >= 4 is 46.6 Å². The molecule has 0 unspecified atom stereocenters. The van der Waals surface area contributed by atoms with Crippen LogP contribution in [0.1, 0.15) is 27.0 Å². The van der Waals surface area contributed by atoms with Crippen LogP contribution >= 0.6 is 23.2 Å². The van der Waals surface area contributed by atoms with Gasteiger partial charge in [-0.05, 0) is 41.8 Å². The molecule has 0 radical (unpaired) electrons. The van der Waals surface area contributed by atoms with E-state index in [-0.39, 0.29) is 29.7 Å². The molecule has 3 aromatic rings. The molecule has 3 amide bonds. The minimum Gasteiger partial charge on any atom is -0.495 e. The SMILES string of the molecule is COc1cc(Cl)c(C)cc1NC(=O)c1ccc(CNC2=C(Cl)C(=O)N(Cc3ccccc3)C2=O)cc1. The second kappa shape index (κ2) is 10.8. The zero-order valence-corrected chi connectivity index (χ0v) is 21.1. The van der Waals surface area contributed by atoms with Crippen LogP contribution in [0.15, 0.2) is 77.5 Å². The van der Waals surface area contributed by atoms with E-state index in [0.29, 0.717) is 22.0 Å². The van der Waals surface area contributed by atoms with Gasteiger partial charge in [-0.25, -0.2) is 0 Å². The van der Waals surface area contributed by atoms with Crippen molar-refractivity contribution in [2.75, 3.05) is 12.4 Å². The standard InChI is InChI=1S/C27H23Cl2N3O4/c1-16-12-21(22(36-2)13-20(16)28)31-25(33)19-10-8-17(9-11-19)14-30-24-23(29)26(34)32(27(24)35)15-18-6-4-3-5-7-18/h3-13,30H,14-15H2,1-2H3,(H,31,33). The lowest BCUT2D eigenvalue weighted by Crippen LogP contribution is -2.33. The first-order valence-corrected chi connectivity index (χ1v) is 11.8. The van der Waals surface area contributed by atoms with Gasteiger partial charge in [0.2, 0.25) is 0 Å². The molecule has 0 atom stereocenters. The van der Waals surface area contributed by atoms with Crippen LogP contribution in [0.4, 0.5) is 5.69 Å². The zero-order chi connectivity index (χ0) is 25.8. The number of anilines is 1. The van der Waals surface area contributed by atoms with Crippen molar-refractivity contribution in [1.29, 1.82) is 0 Å². The Labute approximate surface area is 218 Å². The summed E-state index contributed by atoms with van der Waals surface area (Å²) >= 11 is 12.3. The van der Waals surface area contributed by atoms with Crippen LogP contribution in [0, 0.1) is 6.92 Å². The zero-order valence-electron chi connectivity index (χ0n) is 19.6. The monoisotopic (exact) mass is 523 g/mol. The highest BCUT2D eigenvalue weighted by Crippen LogP contribution is 2.31. The Balaban J connectivity index is 1.39. The van der Waals surface area contributed by atoms with Crippen LogP contribution < -0.4 is 15.4 Å². The number of benzene rings is 3. The lowest BCUT2D eigenvalue weighted by Gasteiger charge is -2.15. The molecule has 7 nitrogen and oxygen atoms in total. The van der Waals surface area contributed by atoms with E-state index in [0.717, 1.165) is 21.6 Å². The van der Waals surface area contributed by atoms with Crippen molar-refractivity contribution < 1.29 is 19.1 Å². The molecule has 0 fully saturated rings. The van der Waals surface area contributed by atoms with Gasteiger partial charge >= 0.3 is 0 Å². The summed E-state index contributed by atoms with van der Waals surface area (Å²) in [4.78, 5) is 39.2. The summed E-state index contributed by atoms with van der Waals surface area (Å²) in [5, 5.41) is 6.20. The van der Waals surface area contributed by atoms with E-state index < -0.39 is 11.8 Å². The van der Waals surface area contributed by atoms with Crippen LogP contribution in [0.5, 0.6) is 5.75 Å². The molecule has 184 valence electrons. The fourth-order valence-electron chi connectivity index (χ4n) is 3.70. The number of amides is 3. The van der Waals surface area contributed by atoms with Gasteiger partial charge in [-0.15, -0.1) is 0 Å². The molecule has 2 N–H and O–H groups in total. The molecule has 0 bridgehead atoms. The van der Waals surface area contributed by atoms with Gasteiger partial charge in [-0.2, -0.15) is 0 Å². The van der Waals surface area contributed by atoms with E-state index in [9.17, 15) is 14.4 Å². The quantitative estimate of drug-likeness (QED) is 0.405. The van der Waals surface area contributed by atoms with E-state index in [1.54, 1.807) is 36.4 Å². The van der Waals surface area contributed by atoms with Gasteiger partial charge in [0.25, 0.3) is 17.7 Å². The Morgan fingerprint density at radius 1 is 0.944 bits per heavy atom. The predicted molar refractivity (Wildman–Crippen MR) is 139 cm³/mol. The Bertz CT molecular complexity index is 1360. The van der Waals surface area contributed by atoms with Crippen LogP contribution in [0.2, 0.25) is 5.02 Å². The maximum atomic E-state index is 12.8. The minimum absolute atomic E-state index is 0.0598. The first kappa shape index (κ1) is 25.3. The number of hydrogen-bond acceptors (Lipinski definition) is 5. The fraction of sp³-hybridized carbons (Fsp3) is 0.148. The van der Waals surface area contributed by atoms with Crippen LogP contribution in [-0.4, -0.2) is 29.7 Å². The third kappa shape index (κ3) is 5.37. The number of imide groups is 1. The summed E-state index contributed by atoms with van der Waals surface area (Å²) in [6.45, 7) is 2.22. The highest BCUT2D eigenvalue weighted by molar-refractivity contribution is 6.47. The summed E-state index contributed by atoms with van der Waals surface area (Å²) < 4.78 is 5.31. The van der Waals surface area contributed by atoms with Gasteiger partial charge in [0.1, 0.15) is 16.5 Å². The highest BCUT2D eigenvalue weighted by atomic mass is 35.5.